The van der Waals surface area contributed by atoms with Crippen molar-refractivity contribution in [2.24, 2.45) is 0 Å². The molecule has 3 heteroatoms. The van der Waals surface area contributed by atoms with Crippen molar-refractivity contribution in [2.45, 2.75) is 0 Å². The predicted octanol–water partition coefficient (Wildman–Crippen LogP) is 1.49. The van der Waals surface area contributed by atoms with Gasteiger partial charge < -0.3 is 0 Å². The zero-order valence-corrected chi connectivity index (χ0v) is 6.95. The third-order valence-corrected chi connectivity index (χ3v) is 1.90. The van der Waals surface area contributed by atoms with Gasteiger partial charge in [0.05, 0.1) is 6.20 Å². The fourth-order valence-electron chi connectivity index (χ4n) is 1.14. The number of hydrogen-bond donors (Lipinski definition) is 1. The number of carbonyl (C=O) groups excluding carboxylic acids is 1. The fourth-order valence-corrected chi connectivity index (χ4v) is 1.14. The van der Waals surface area contributed by atoms with Crippen LogP contribution in [0.1, 0.15) is 5.56 Å². The van der Waals surface area contributed by atoms with E-state index < -0.39 is 0 Å². The molecule has 0 unspecified atom stereocenters. The summed E-state index contributed by atoms with van der Waals surface area (Å²) in [6.07, 6.45) is 8.56. The number of rotatable bonds is 1. The smallest absolute Gasteiger partial charge is 0.185 e. The summed E-state index contributed by atoms with van der Waals surface area (Å²) < 4.78 is 0. The van der Waals surface area contributed by atoms with Crippen molar-refractivity contribution < 1.29 is 4.79 Å². The van der Waals surface area contributed by atoms with Gasteiger partial charge in [-0.05, 0) is 11.6 Å². The highest BCUT2D eigenvalue weighted by Crippen LogP contribution is 2.19. The minimum absolute atomic E-state index is 0.0429. The van der Waals surface area contributed by atoms with Crippen LogP contribution in [0, 0.1) is 0 Å². The molecule has 0 radical (unpaired) electrons. The Balaban J connectivity index is 2.38. The first kappa shape index (κ1) is 7.73. The van der Waals surface area contributed by atoms with Gasteiger partial charge in [-0.15, -0.1) is 0 Å². The lowest BCUT2D eigenvalue weighted by atomic mass is 9.99. The molecule has 0 atom stereocenters. The van der Waals surface area contributed by atoms with Crippen molar-refractivity contribution in [3.63, 3.8) is 0 Å². The summed E-state index contributed by atoms with van der Waals surface area (Å²) in [5, 5.41) is 6.50. The Morgan fingerprint density at radius 2 is 2.23 bits per heavy atom. The molecule has 0 saturated heterocycles. The maximum atomic E-state index is 11.2. The van der Waals surface area contributed by atoms with Crippen molar-refractivity contribution >= 4 is 11.4 Å². The molecule has 0 fully saturated rings. The van der Waals surface area contributed by atoms with E-state index in [4.69, 9.17) is 0 Å². The molecule has 0 amide bonds. The molecule has 0 bridgehead atoms. The van der Waals surface area contributed by atoms with Gasteiger partial charge in [-0.2, -0.15) is 5.10 Å². The van der Waals surface area contributed by atoms with Crippen molar-refractivity contribution in [3.8, 4) is 0 Å². The van der Waals surface area contributed by atoms with Gasteiger partial charge in [0, 0.05) is 17.3 Å². The third-order valence-electron chi connectivity index (χ3n) is 1.90. The number of ketones is 1. The highest BCUT2D eigenvalue weighted by molar-refractivity contribution is 6.12. The van der Waals surface area contributed by atoms with Gasteiger partial charge in [0.2, 0.25) is 0 Å². The topological polar surface area (TPSA) is 45.8 Å². The van der Waals surface area contributed by atoms with Gasteiger partial charge in [-0.3, -0.25) is 9.89 Å². The van der Waals surface area contributed by atoms with E-state index in [9.17, 15) is 4.79 Å². The highest BCUT2D eigenvalue weighted by Gasteiger charge is 2.09. The largest absolute Gasteiger partial charge is 0.289 e. The van der Waals surface area contributed by atoms with Crippen LogP contribution in [-0.2, 0) is 4.79 Å². The molecular formula is C10H8N2O. The van der Waals surface area contributed by atoms with Crippen molar-refractivity contribution in [2.75, 3.05) is 0 Å². The molecule has 3 nitrogen and oxygen atoms in total. The molecule has 13 heavy (non-hydrogen) atoms. The van der Waals surface area contributed by atoms with E-state index in [1.165, 1.54) is 0 Å². The lowest BCUT2D eigenvalue weighted by Crippen LogP contribution is -1.99. The van der Waals surface area contributed by atoms with Crippen LogP contribution in [0.4, 0.5) is 0 Å². The van der Waals surface area contributed by atoms with Gasteiger partial charge in [-0.25, -0.2) is 0 Å². The molecule has 1 N–H and O–H groups in total. The lowest BCUT2D eigenvalue weighted by molar-refractivity contribution is -0.111. The molecule has 0 spiro atoms. The number of nitrogens with zero attached hydrogens (tertiary/aromatic N) is 1. The zero-order chi connectivity index (χ0) is 9.26. The fraction of sp³-hybridized carbons (Fsp3) is 0. The van der Waals surface area contributed by atoms with Crippen LogP contribution in [0.25, 0.3) is 5.57 Å². The first-order valence-corrected chi connectivity index (χ1v) is 3.89. The number of aromatic nitrogens is 2. The van der Waals surface area contributed by atoms with Gasteiger partial charge in [0.25, 0.3) is 0 Å². The monoisotopic (exact) mass is 172 g/mol. The summed E-state index contributed by atoms with van der Waals surface area (Å²) in [5.74, 6) is -0.0429. The Morgan fingerprint density at radius 1 is 1.38 bits per heavy atom. The molecule has 1 aromatic rings. The third kappa shape index (κ3) is 1.36. The Hall–Kier alpha value is -1.90. The average Bonchev–Trinajstić information content (AvgIpc) is 2.62. The van der Waals surface area contributed by atoms with E-state index in [0.29, 0.717) is 5.57 Å². The van der Waals surface area contributed by atoms with Crippen LogP contribution in [0.3, 0.4) is 0 Å². The Labute approximate surface area is 75.5 Å². The standard InChI is InChI=1S/C10H8N2O/c1-7-2-3-8(4-10(7)13)9-5-11-12-6-9/h2-6H,1H2,(H,11,12). The summed E-state index contributed by atoms with van der Waals surface area (Å²) in [6, 6.07) is 0. The number of H-pyrrole nitrogens is 1. The number of allylic oxidation sites excluding steroid dienone is 5. The van der Waals surface area contributed by atoms with Crippen molar-refractivity contribution in [1.82, 2.24) is 10.2 Å². The van der Waals surface area contributed by atoms with E-state index in [-0.39, 0.29) is 5.78 Å². The first-order chi connectivity index (χ1) is 6.27. The van der Waals surface area contributed by atoms with Crippen LogP contribution >= 0.6 is 0 Å². The zero-order valence-electron chi connectivity index (χ0n) is 6.95. The van der Waals surface area contributed by atoms with E-state index in [1.807, 2.05) is 6.08 Å². The number of nitrogens with one attached hydrogen (secondary N) is 1. The van der Waals surface area contributed by atoms with Crippen LogP contribution in [0.15, 0.2) is 42.8 Å². The lowest BCUT2D eigenvalue weighted by Gasteiger charge is -2.04. The molecule has 0 aromatic carbocycles. The first-order valence-electron chi connectivity index (χ1n) is 3.89. The molecule has 1 heterocycles. The maximum absolute atomic E-state index is 11.2. The van der Waals surface area contributed by atoms with Gasteiger partial charge in [0.15, 0.2) is 5.78 Å². The second-order valence-electron chi connectivity index (χ2n) is 2.81. The SMILES string of the molecule is C=C1C=CC(c2cn[nH]c2)=CC1=O. The summed E-state index contributed by atoms with van der Waals surface area (Å²) >= 11 is 0. The average molecular weight is 172 g/mol. The Bertz CT molecular complexity index is 410. The van der Waals surface area contributed by atoms with E-state index in [1.54, 1.807) is 24.5 Å². The summed E-state index contributed by atoms with van der Waals surface area (Å²) in [6.45, 7) is 3.61. The molecule has 1 aromatic heterocycles. The van der Waals surface area contributed by atoms with E-state index in [0.717, 1.165) is 11.1 Å². The van der Waals surface area contributed by atoms with Crippen LogP contribution in [0.2, 0.25) is 0 Å². The number of hydrogen-bond acceptors (Lipinski definition) is 2. The van der Waals surface area contributed by atoms with Gasteiger partial charge in [-0.1, -0.05) is 18.7 Å². The molecule has 1 aliphatic carbocycles. The number of carbonyl (C=O) groups is 1. The molecule has 0 saturated carbocycles. The highest BCUT2D eigenvalue weighted by atomic mass is 16.1. The van der Waals surface area contributed by atoms with Crippen LogP contribution in [-0.4, -0.2) is 16.0 Å². The van der Waals surface area contributed by atoms with E-state index >= 15 is 0 Å². The second kappa shape index (κ2) is 2.86. The van der Waals surface area contributed by atoms with Crippen molar-refractivity contribution in [1.29, 1.82) is 0 Å². The predicted molar refractivity (Wildman–Crippen MR) is 49.9 cm³/mol. The van der Waals surface area contributed by atoms with E-state index in [2.05, 4.69) is 16.8 Å². The maximum Gasteiger partial charge on any atom is 0.185 e. The minimum atomic E-state index is -0.0429. The molecule has 0 aliphatic heterocycles. The van der Waals surface area contributed by atoms with Gasteiger partial charge in [0.1, 0.15) is 0 Å². The molecule has 1 aliphatic rings. The summed E-state index contributed by atoms with van der Waals surface area (Å²) in [4.78, 5) is 11.2. The Kier molecular flexibility index (Phi) is 1.70. The Morgan fingerprint density at radius 3 is 2.85 bits per heavy atom. The molecule has 2 rings (SSSR count). The summed E-state index contributed by atoms with van der Waals surface area (Å²) in [5.41, 5.74) is 2.30. The second-order valence-corrected chi connectivity index (χ2v) is 2.81. The molecule has 64 valence electrons. The van der Waals surface area contributed by atoms with Crippen LogP contribution in [0.5, 0.6) is 0 Å². The number of aromatic amines is 1. The quantitative estimate of drug-likeness (QED) is 0.652. The van der Waals surface area contributed by atoms with Crippen molar-refractivity contribution in [3.05, 3.63) is 48.3 Å². The van der Waals surface area contributed by atoms with Gasteiger partial charge >= 0.3 is 0 Å². The van der Waals surface area contributed by atoms with Crippen LogP contribution < -0.4 is 0 Å². The molecular weight excluding hydrogens is 164 g/mol. The minimum Gasteiger partial charge on any atom is -0.289 e. The summed E-state index contributed by atoms with van der Waals surface area (Å²) in [7, 11) is 0. The normalized spacial score (nSPS) is 16.2.